The number of carbonyl (C=O) groups excluding carboxylic acids is 1. The van der Waals surface area contributed by atoms with Gasteiger partial charge < -0.3 is 14.2 Å². The molecular formula is C17H19ClF2N2O6S. The molecule has 0 amide bonds. The number of hydrogen-bond acceptors (Lipinski definition) is 7. The number of halogens is 3. The molecule has 3 rings (SSSR count). The topological polar surface area (TPSA) is 103 Å². The third-order valence-corrected chi connectivity index (χ3v) is 5.65. The van der Waals surface area contributed by atoms with Crippen molar-refractivity contribution in [3.05, 3.63) is 34.4 Å². The number of rotatable bonds is 6. The molecule has 0 spiro atoms. The van der Waals surface area contributed by atoms with Crippen molar-refractivity contribution in [1.82, 2.24) is 4.72 Å². The first kappa shape index (κ1) is 21.9. The van der Waals surface area contributed by atoms with Gasteiger partial charge in [0.2, 0.25) is 15.9 Å². The van der Waals surface area contributed by atoms with Crippen LogP contribution >= 0.6 is 11.6 Å². The number of esters is 1. The molecule has 2 aliphatic rings. The first-order chi connectivity index (χ1) is 13.5. The Morgan fingerprint density at radius 1 is 1.38 bits per heavy atom. The van der Waals surface area contributed by atoms with E-state index in [0.29, 0.717) is 6.07 Å². The third kappa shape index (κ3) is 4.85. The molecule has 29 heavy (non-hydrogen) atoms. The zero-order valence-electron chi connectivity index (χ0n) is 15.6. The van der Waals surface area contributed by atoms with Crippen LogP contribution < -0.4 is 4.72 Å². The molecule has 0 saturated carbocycles. The Morgan fingerprint density at radius 2 is 2.10 bits per heavy atom. The third-order valence-electron chi connectivity index (χ3n) is 4.60. The van der Waals surface area contributed by atoms with Crippen LogP contribution in [0.3, 0.4) is 0 Å². The molecule has 1 aromatic rings. The van der Waals surface area contributed by atoms with E-state index >= 15 is 0 Å². The largest absolute Gasteiger partial charge is 0.476 e. The first-order valence-electron chi connectivity index (χ1n) is 8.56. The molecule has 160 valence electrons. The standard InChI is InChI=1S/C17H19ClF2N2O6S/c1-26-15(23)14-8-27-16(21-14)17(6-10(7-28-17)22-29(2,24)25)5-9-3-11(18)13(20)4-12(9)19/h3-4,10,14,22H,5-8H2,1-2H3/t10-,14-,17+/m1/s1. The molecular weight excluding hydrogens is 434 g/mol. The molecule has 0 unspecified atom stereocenters. The van der Waals surface area contributed by atoms with Gasteiger partial charge in [-0.1, -0.05) is 11.6 Å². The fourth-order valence-electron chi connectivity index (χ4n) is 3.39. The summed E-state index contributed by atoms with van der Waals surface area (Å²) < 4.78 is 69.5. The van der Waals surface area contributed by atoms with Crippen LogP contribution in [0.1, 0.15) is 12.0 Å². The van der Waals surface area contributed by atoms with Crippen LogP contribution in [0.5, 0.6) is 0 Å². The molecule has 12 heteroatoms. The van der Waals surface area contributed by atoms with E-state index in [1.165, 1.54) is 7.11 Å². The Bertz CT molecular complexity index is 957. The van der Waals surface area contributed by atoms with E-state index in [9.17, 15) is 22.0 Å². The van der Waals surface area contributed by atoms with Gasteiger partial charge in [0.25, 0.3) is 0 Å². The second-order valence-corrected chi connectivity index (χ2v) is 9.10. The summed E-state index contributed by atoms with van der Waals surface area (Å²) in [5.41, 5.74) is -1.34. The monoisotopic (exact) mass is 452 g/mol. The minimum atomic E-state index is -3.53. The van der Waals surface area contributed by atoms with E-state index < -0.39 is 45.3 Å². The van der Waals surface area contributed by atoms with Crippen LogP contribution in [0.25, 0.3) is 0 Å². The summed E-state index contributed by atoms with van der Waals surface area (Å²) in [4.78, 5) is 16.0. The lowest BCUT2D eigenvalue weighted by Crippen LogP contribution is -2.43. The van der Waals surface area contributed by atoms with Crippen molar-refractivity contribution >= 4 is 33.5 Å². The predicted molar refractivity (Wildman–Crippen MR) is 99.3 cm³/mol. The zero-order valence-corrected chi connectivity index (χ0v) is 17.1. The summed E-state index contributed by atoms with van der Waals surface area (Å²) >= 11 is 5.78. The van der Waals surface area contributed by atoms with E-state index in [2.05, 4.69) is 14.5 Å². The first-order valence-corrected chi connectivity index (χ1v) is 10.8. The highest BCUT2D eigenvalue weighted by Gasteiger charge is 2.50. The van der Waals surface area contributed by atoms with E-state index in [1.54, 1.807) is 0 Å². The zero-order chi connectivity index (χ0) is 21.4. The number of ether oxygens (including phenoxy) is 3. The van der Waals surface area contributed by atoms with Gasteiger partial charge in [-0.2, -0.15) is 0 Å². The van der Waals surface area contributed by atoms with Gasteiger partial charge in [0.05, 0.1) is 25.0 Å². The van der Waals surface area contributed by atoms with Crippen LogP contribution in [0.4, 0.5) is 8.78 Å². The second-order valence-electron chi connectivity index (χ2n) is 6.92. The maximum absolute atomic E-state index is 14.3. The van der Waals surface area contributed by atoms with Crippen LogP contribution in [0, 0.1) is 11.6 Å². The molecule has 3 atom stereocenters. The van der Waals surface area contributed by atoms with Gasteiger partial charge in [-0.05, 0) is 11.6 Å². The van der Waals surface area contributed by atoms with Crippen molar-refractivity contribution in [2.24, 2.45) is 4.99 Å². The van der Waals surface area contributed by atoms with E-state index in [-0.39, 0.29) is 42.5 Å². The van der Waals surface area contributed by atoms with Gasteiger partial charge >= 0.3 is 5.97 Å². The number of hydrogen-bond donors (Lipinski definition) is 1. The van der Waals surface area contributed by atoms with Gasteiger partial charge in [-0.3, -0.25) is 0 Å². The average molecular weight is 453 g/mol. The SMILES string of the molecule is COC(=O)[C@H]1COC([C@]2(Cc3cc(Cl)c(F)cc3F)C[C@@H](NS(C)(=O)=O)CO2)=N1. The molecule has 0 aliphatic carbocycles. The normalized spacial score (nSPS) is 26.9. The molecule has 1 saturated heterocycles. The highest BCUT2D eigenvalue weighted by Crippen LogP contribution is 2.36. The lowest BCUT2D eigenvalue weighted by atomic mass is 9.89. The fraction of sp³-hybridized carbons (Fsp3) is 0.529. The minimum absolute atomic E-state index is 0.0190. The molecule has 0 bridgehead atoms. The summed E-state index contributed by atoms with van der Waals surface area (Å²) in [5, 5.41) is -0.276. The average Bonchev–Trinajstić information content (AvgIpc) is 3.26. The highest BCUT2D eigenvalue weighted by atomic mass is 35.5. The van der Waals surface area contributed by atoms with Crippen molar-refractivity contribution in [2.75, 3.05) is 26.6 Å². The van der Waals surface area contributed by atoms with Crippen molar-refractivity contribution in [3.8, 4) is 0 Å². The van der Waals surface area contributed by atoms with Gasteiger partial charge in [0.1, 0.15) is 23.8 Å². The van der Waals surface area contributed by atoms with Gasteiger partial charge in [0.15, 0.2) is 6.04 Å². The Labute approximate surface area is 171 Å². The van der Waals surface area contributed by atoms with Gasteiger partial charge in [0, 0.05) is 24.9 Å². The Balaban J connectivity index is 1.95. The van der Waals surface area contributed by atoms with Gasteiger partial charge in [-0.25, -0.2) is 31.7 Å². The number of benzene rings is 1. The summed E-state index contributed by atoms with van der Waals surface area (Å²) in [5.74, 6) is -2.36. The van der Waals surface area contributed by atoms with Crippen molar-refractivity contribution in [2.45, 2.75) is 30.5 Å². The minimum Gasteiger partial charge on any atom is -0.476 e. The number of sulfonamides is 1. The van der Waals surface area contributed by atoms with Gasteiger partial charge in [-0.15, -0.1) is 0 Å². The Kier molecular flexibility index (Phi) is 6.13. The smallest absolute Gasteiger partial charge is 0.334 e. The number of methoxy groups -OCH3 is 1. The fourth-order valence-corrected chi connectivity index (χ4v) is 4.33. The van der Waals surface area contributed by atoms with Crippen LogP contribution in [-0.2, 0) is 35.4 Å². The van der Waals surface area contributed by atoms with E-state index in [4.69, 9.17) is 21.1 Å². The maximum Gasteiger partial charge on any atom is 0.334 e. The Hall–Kier alpha value is -1.82. The molecule has 1 N–H and O–H groups in total. The number of aliphatic imine (C=N–C) groups is 1. The summed E-state index contributed by atoms with van der Waals surface area (Å²) in [6.07, 6.45) is 0.901. The number of nitrogens with zero attached hydrogens (tertiary/aromatic N) is 1. The summed E-state index contributed by atoms with van der Waals surface area (Å²) in [6.45, 7) is -0.126. The molecule has 0 aromatic heterocycles. The quantitative estimate of drug-likeness (QED) is 0.514. The molecule has 8 nitrogen and oxygen atoms in total. The molecule has 0 radical (unpaired) electrons. The number of carbonyl (C=O) groups is 1. The Morgan fingerprint density at radius 3 is 2.76 bits per heavy atom. The lowest BCUT2D eigenvalue weighted by Gasteiger charge is -2.28. The van der Waals surface area contributed by atoms with Crippen LogP contribution in [0.15, 0.2) is 17.1 Å². The highest BCUT2D eigenvalue weighted by molar-refractivity contribution is 7.88. The number of nitrogens with one attached hydrogen (secondary N) is 1. The second kappa shape index (κ2) is 8.13. The van der Waals surface area contributed by atoms with Crippen molar-refractivity contribution < 1.29 is 36.2 Å². The maximum atomic E-state index is 14.3. The van der Waals surface area contributed by atoms with Crippen LogP contribution in [0.2, 0.25) is 5.02 Å². The lowest BCUT2D eigenvalue weighted by molar-refractivity contribution is -0.142. The van der Waals surface area contributed by atoms with Crippen molar-refractivity contribution in [3.63, 3.8) is 0 Å². The van der Waals surface area contributed by atoms with Crippen LogP contribution in [-0.4, -0.2) is 64.5 Å². The van der Waals surface area contributed by atoms with E-state index in [1.807, 2.05) is 0 Å². The molecule has 1 aromatic carbocycles. The molecule has 2 heterocycles. The molecule has 1 fully saturated rings. The summed E-state index contributed by atoms with van der Waals surface area (Å²) in [6, 6.07) is 0.231. The van der Waals surface area contributed by atoms with E-state index in [0.717, 1.165) is 12.3 Å². The molecule has 2 aliphatic heterocycles. The summed E-state index contributed by atoms with van der Waals surface area (Å²) in [7, 11) is -2.32. The van der Waals surface area contributed by atoms with Crippen molar-refractivity contribution in [1.29, 1.82) is 0 Å². The predicted octanol–water partition coefficient (Wildman–Crippen LogP) is 1.21.